The minimum atomic E-state index is -1.17. The van der Waals surface area contributed by atoms with E-state index in [2.05, 4.69) is 27.8 Å². The standard InChI is InChI=1S/C42H66N6O10/c1-13-25-55-36(51)33(26-28-27-48(39(54)58-42(8,9)10)32-22-15-14-19-29(28)32)47(12)35(50)31(20-16-17-23-44-37(52)56-40(2,3)4)46-34(49)30(43-11)21-18-24-45-38(53)57-41(5,6)7/h13-15,19,22,27,30-31,33,43H,1,16-18,20-21,23-26H2,2-12H3,(H,44,52)(H,45,53)(H,46,49)/t30-,31-,33-/m0/s1. The van der Waals surface area contributed by atoms with Crippen LogP contribution in [0.25, 0.3) is 10.9 Å². The van der Waals surface area contributed by atoms with E-state index in [1.807, 2.05) is 6.07 Å². The summed E-state index contributed by atoms with van der Waals surface area (Å²) < 4.78 is 23.1. The van der Waals surface area contributed by atoms with E-state index in [1.54, 1.807) is 93.8 Å². The molecule has 0 bridgehead atoms. The van der Waals surface area contributed by atoms with Crippen LogP contribution in [-0.2, 0) is 39.8 Å². The van der Waals surface area contributed by atoms with Gasteiger partial charge in [0.2, 0.25) is 11.8 Å². The highest BCUT2D eigenvalue weighted by molar-refractivity contribution is 5.94. The molecule has 1 aromatic heterocycles. The Morgan fingerprint density at radius 2 is 1.34 bits per heavy atom. The van der Waals surface area contributed by atoms with E-state index >= 15 is 0 Å². The Balaban J connectivity index is 2.38. The minimum Gasteiger partial charge on any atom is -0.460 e. The zero-order chi connectivity index (χ0) is 43.8. The highest BCUT2D eigenvalue weighted by Gasteiger charge is 2.35. The molecule has 3 atom stereocenters. The number of unbranched alkanes of at least 4 members (excludes halogenated alkanes) is 1. The summed E-state index contributed by atoms with van der Waals surface area (Å²) in [5.41, 5.74) is -0.937. The first kappa shape index (κ1) is 49.0. The van der Waals surface area contributed by atoms with E-state index in [9.17, 15) is 28.8 Å². The quantitative estimate of drug-likeness (QED) is 0.0597. The third-order valence-electron chi connectivity index (χ3n) is 8.43. The van der Waals surface area contributed by atoms with Crippen molar-refractivity contribution in [3.8, 4) is 0 Å². The topological polar surface area (TPSA) is 196 Å². The molecule has 1 aromatic carbocycles. The van der Waals surface area contributed by atoms with Gasteiger partial charge in [0, 0.05) is 38.1 Å². The molecule has 16 heteroatoms. The van der Waals surface area contributed by atoms with Crippen molar-refractivity contribution < 1.29 is 47.7 Å². The number of carbonyl (C=O) groups excluding carboxylic acids is 6. The summed E-state index contributed by atoms with van der Waals surface area (Å²) >= 11 is 0. The monoisotopic (exact) mass is 814 g/mol. The molecule has 2 aromatic rings. The van der Waals surface area contributed by atoms with Gasteiger partial charge in [-0.15, -0.1) is 0 Å². The summed E-state index contributed by atoms with van der Waals surface area (Å²) in [5.74, 6) is -1.71. The lowest BCUT2D eigenvalue weighted by atomic mass is 10.0. The number of carbonyl (C=O) groups is 6. The Morgan fingerprint density at radius 1 is 0.793 bits per heavy atom. The van der Waals surface area contributed by atoms with Gasteiger partial charge in [-0.2, -0.15) is 0 Å². The normalized spacial score (nSPS) is 13.4. The zero-order valence-corrected chi connectivity index (χ0v) is 36.2. The number of likely N-dealkylation sites (N-methyl/N-ethyl adjacent to an activating group) is 2. The number of esters is 1. The number of rotatable bonds is 19. The van der Waals surface area contributed by atoms with Crippen molar-refractivity contribution in [2.45, 2.75) is 136 Å². The number of benzene rings is 1. The summed E-state index contributed by atoms with van der Waals surface area (Å²) in [6.07, 6.45) is 3.05. The molecule has 4 amide bonds. The number of amides is 4. The molecular weight excluding hydrogens is 748 g/mol. The van der Waals surface area contributed by atoms with Crippen LogP contribution in [0.5, 0.6) is 0 Å². The van der Waals surface area contributed by atoms with Gasteiger partial charge in [0.15, 0.2) is 0 Å². The lowest BCUT2D eigenvalue weighted by molar-refractivity contribution is -0.154. The van der Waals surface area contributed by atoms with Crippen LogP contribution in [0.3, 0.4) is 0 Å². The number of hydrogen-bond donors (Lipinski definition) is 4. The highest BCUT2D eigenvalue weighted by Crippen LogP contribution is 2.26. The predicted molar refractivity (Wildman–Crippen MR) is 221 cm³/mol. The first-order chi connectivity index (χ1) is 27.0. The fourth-order valence-electron chi connectivity index (χ4n) is 5.82. The van der Waals surface area contributed by atoms with E-state index in [0.717, 1.165) is 0 Å². The summed E-state index contributed by atoms with van der Waals surface area (Å²) in [6, 6.07) is 4.20. The van der Waals surface area contributed by atoms with Crippen molar-refractivity contribution in [2.24, 2.45) is 0 Å². The van der Waals surface area contributed by atoms with Gasteiger partial charge < -0.3 is 45.1 Å². The predicted octanol–water partition coefficient (Wildman–Crippen LogP) is 5.60. The van der Waals surface area contributed by atoms with Crippen molar-refractivity contribution in [3.05, 3.63) is 48.7 Å². The molecular formula is C42H66N6O10. The molecule has 0 saturated carbocycles. The second-order valence-corrected chi connectivity index (χ2v) is 17.0. The number of nitrogens with one attached hydrogen (secondary N) is 4. The molecule has 0 aliphatic heterocycles. The largest absolute Gasteiger partial charge is 0.460 e. The molecule has 4 N–H and O–H groups in total. The number of ether oxygens (including phenoxy) is 4. The average Bonchev–Trinajstić information content (AvgIpc) is 3.47. The van der Waals surface area contributed by atoms with Crippen LogP contribution < -0.4 is 21.3 Å². The van der Waals surface area contributed by atoms with Gasteiger partial charge >= 0.3 is 24.2 Å². The molecule has 0 aliphatic carbocycles. The third kappa shape index (κ3) is 17.2. The van der Waals surface area contributed by atoms with Gasteiger partial charge in [-0.05, 0) is 113 Å². The molecule has 16 nitrogen and oxygen atoms in total. The number of aromatic nitrogens is 1. The summed E-state index contributed by atoms with van der Waals surface area (Å²) in [5, 5.41) is 11.9. The van der Waals surface area contributed by atoms with Crippen molar-refractivity contribution in [1.82, 2.24) is 30.7 Å². The number of para-hydroxylation sites is 1. The number of alkyl carbamates (subject to hydrolysis) is 2. The first-order valence-corrected chi connectivity index (χ1v) is 19.7. The Hall–Kier alpha value is -5.12. The van der Waals surface area contributed by atoms with Crippen LogP contribution >= 0.6 is 0 Å². The van der Waals surface area contributed by atoms with Crippen molar-refractivity contribution in [1.29, 1.82) is 0 Å². The van der Waals surface area contributed by atoms with Crippen LogP contribution in [0.15, 0.2) is 43.1 Å². The zero-order valence-electron chi connectivity index (χ0n) is 36.2. The molecule has 0 fully saturated rings. The Labute approximate surface area is 343 Å². The lowest BCUT2D eigenvalue weighted by Gasteiger charge is -2.31. The van der Waals surface area contributed by atoms with E-state index in [-0.39, 0.29) is 32.5 Å². The molecule has 0 saturated heterocycles. The average molecular weight is 815 g/mol. The fourth-order valence-corrected chi connectivity index (χ4v) is 5.82. The maximum Gasteiger partial charge on any atom is 0.419 e. The number of nitrogens with zero attached hydrogens (tertiary/aromatic N) is 2. The smallest absolute Gasteiger partial charge is 0.419 e. The van der Waals surface area contributed by atoms with Crippen LogP contribution in [0.1, 0.15) is 100.0 Å². The molecule has 1 heterocycles. The van der Waals surface area contributed by atoms with Gasteiger partial charge in [-0.1, -0.05) is 30.9 Å². The van der Waals surface area contributed by atoms with E-state index in [1.165, 1.54) is 22.6 Å². The van der Waals surface area contributed by atoms with Gasteiger partial charge in [0.25, 0.3) is 0 Å². The van der Waals surface area contributed by atoms with Gasteiger partial charge in [0.1, 0.15) is 35.5 Å². The molecule has 58 heavy (non-hydrogen) atoms. The maximum atomic E-state index is 14.4. The SMILES string of the molecule is C=CCOC(=O)[C@H](Cc1cn(C(=O)OC(C)(C)C)c2ccccc12)N(C)C(=O)[C@H](CCCCNC(=O)OC(C)(C)C)NC(=O)[C@H](CCCNC(=O)OC(C)(C)C)NC. The summed E-state index contributed by atoms with van der Waals surface area (Å²) in [4.78, 5) is 80.6. The Kier molecular flexibility index (Phi) is 18.7. The van der Waals surface area contributed by atoms with Gasteiger partial charge in [0.05, 0.1) is 11.6 Å². The molecule has 0 aliphatic rings. The van der Waals surface area contributed by atoms with Crippen LogP contribution in [-0.4, -0.2) is 114 Å². The Bertz CT molecular complexity index is 1720. The van der Waals surface area contributed by atoms with E-state index < -0.39 is 71.0 Å². The summed E-state index contributed by atoms with van der Waals surface area (Å²) in [6.45, 7) is 19.9. The van der Waals surface area contributed by atoms with E-state index in [4.69, 9.17) is 18.9 Å². The lowest BCUT2D eigenvalue weighted by Crippen LogP contribution is -2.55. The molecule has 324 valence electrons. The number of hydrogen-bond acceptors (Lipinski definition) is 11. The minimum absolute atomic E-state index is 0.0290. The Morgan fingerprint density at radius 3 is 1.90 bits per heavy atom. The van der Waals surface area contributed by atoms with Gasteiger partial charge in [-0.3, -0.25) is 14.2 Å². The van der Waals surface area contributed by atoms with Gasteiger partial charge in [-0.25, -0.2) is 19.2 Å². The second kappa shape index (κ2) is 22.1. The van der Waals surface area contributed by atoms with Crippen molar-refractivity contribution in [2.75, 3.05) is 33.8 Å². The summed E-state index contributed by atoms with van der Waals surface area (Å²) in [7, 11) is 3.09. The second-order valence-electron chi connectivity index (χ2n) is 17.0. The van der Waals surface area contributed by atoms with Crippen molar-refractivity contribution in [3.63, 3.8) is 0 Å². The van der Waals surface area contributed by atoms with Crippen LogP contribution in [0.2, 0.25) is 0 Å². The molecule has 2 rings (SSSR count). The third-order valence-corrected chi connectivity index (χ3v) is 8.43. The molecule has 0 unspecified atom stereocenters. The fraction of sp³-hybridized carbons (Fsp3) is 0.619. The highest BCUT2D eigenvalue weighted by atomic mass is 16.6. The maximum absolute atomic E-state index is 14.4. The first-order valence-electron chi connectivity index (χ1n) is 19.7. The molecule has 0 radical (unpaired) electrons. The van der Waals surface area contributed by atoms with Crippen LogP contribution in [0.4, 0.5) is 14.4 Å². The molecule has 0 spiro atoms. The van der Waals surface area contributed by atoms with Crippen LogP contribution in [0, 0.1) is 0 Å². The van der Waals surface area contributed by atoms with E-state index in [0.29, 0.717) is 42.1 Å². The van der Waals surface area contributed by atoms with Crippen molar-refractivity contribution >= 4 is 47.0 Å². The number of fused-ring (bicyclic) bond motifs is 1.